The van der Waals surface area contributed by atoms with Gasteiger partial charge < -0.3 is 19.3 Å². The molecule has 2 atom stereocenters. The third-order valence-corrected chi connectivity index (χ3v) is 2.95. The Hall–Kier alpha value is -1.40. The van der Waals surface area contributed by atoms with Crippen LogP contribution in [0.3, 0.4) is 0 Å². The Balaban J connectivity index is 2.15. The SMILES string of the molecule is Cc1oncc1C(=O)N1CC(CO)OCC1C. The fourth-order valence-electron chi connectivity index (χ4n) is 1.87. The number of carbonyl (C=O) groups excluding carboxylic acids is 1. The minimum absolute atomic E-state index is 0.0143. The van der Waals surface area contributed by atoms with Crippen molar-refractivity contribution in [2.24, 2.45) is 0 Å². The topological polar surface area (TPSA) is 75.8 Å². The van der Waals surface area contributed by atoms with E-state index in [0.29, 0.717) is 24.5 Å². The Bertz CT molecular complexity index is 404. The first kappa shape index (κ1) is 12.1. The molecular weight excluding hydrogens is 224 g/mol. The minimum Gasteiger partial charge on any atom is -0.394 e. The summed E-state index contributed by atoms with van der Waals surface area (Å²) in [6, 6.07) is -0.0143. The fraction of sp³-hybridized carbons (Fsp3) is 0.636. The van der Waals surface area contributed by atoms with Gasteiger partial charge in [0.05, 0.1) is 31.6 Å². The minimum atomic E-state index is -0.310. The molecule has 2 rings (SSSR count). The van der Waals surface area contributed by atoms with Crippen molar-refractivity contribution in [3.63, 3.8) is 0 Å². The summed E-state index contributed by atoms with van der Waals surface area (Å²) in [5.74, 6) is 0.382. The summed E-state index contributed by atoms with van der Waals surface area (Å²) in [6.45, 7) is 4.35. The molecule has 0 aliphatic carbocycles. The Kier molecular flexibility index (Phi) is 3.44. The van der Waals surface area contributed by atoms with Crippen LogP contribution in [0.2, 0.25) is 0 Å². The van der Waals surface area contributed by atoms with Gasteiger partial charge in [-0.3, -0.25) is 4.79 Å². The van der Waals surface area contributed by atoms with Gasteiger partial charge in [-0.15, -0.1) is 0 Å². The van der Waals surface area contributed by atoms with E-state index in [9.17, 15) is 4.79 Å². The van der Waals surface area contributed by atoms with E-state index in [0.717, 1.165) is 0 Å². The van der Waals surface area contributed by atoms with Crippen molar-refractivity contribution >= 4 is 5.91 Å². The lowest BCUT2D eigenvalue weighted by Crippen LogP contribution is -2.52. The van der Waals surface area contributed by atoms with Gasteiger partial charge in [-0.1, -0.05) is 5.16 Å². The zero-order valence-corrected chi connectivity index (χ0v) is 9.92. The predicted octanol–water partition coefficient (Wildman–Crippen LogP) is 0.205. The smallest absolute Gasteiger partial charge is 0.259 e. The van der Waals surface area contributed by atoms with Crippen LogP contribution in [0.15, 0.2) is 10.7 Å². The summed E-state index contributed by atoms with van der Waals surface area (Å²) < 4.78 is 10.3. The number of nitrogens with zero attached hydrogens (tertiary/aromatic N) is 2. The van der Waals surface area contributed by atoms with Gasteiger partial charge >= 0.3 is 0 Å². The average Bonchev–Trinajstić information content (AvgIpc) is 2.75. The fourth-order valence-corrected chi connectivity index (χ4v) is 1.87. The van der Waals surface area contributed by atoms with E-state index in [1.54, 1.807) is 11.8 Å². The van der Waals surface area contributed by atoms with E-state index in [1.807, 2.05) is 6.92 Å². The second kappa shape index (κ2) is 4.85. The maximum atomic E-state index is 12.2. The number of carbonyl (C=O) groups is 1. The van der Waals surface area contributed by atoms with Crippen molar-refractivity contribution < 1.29 is 19.2 Å². The summed E-state index contributed by atoms with van der Waals surface area (Å²) in [5.41, 5.74) is 0.468. The van der Waals surface area contributed by atoms with Crippen LogP contribution in [0.4, 0.5) is 0 Å². The third-order valence-electron chi connectivity index (χ3n) is 2.95. The number of rotatable bonds is 2. The molecule has 0 bridgehead atoms. The predicted molar refractivity (Wildman–Crippen MR) is 58.6 cm³/mol. The molecule has 17 heavy (non-hydrogen) atoms. The molecule has 1 aliphatic rings. The molecule has 2 heterocycles. The highest BCUT2D eigenvalue weighted by atomic mass is 16.5. The Labute approximate surface area is 99.1 Å². The molecule has 1 N–H and O–H groups in total. The average molecular weight is 240 g/mol. The van der Waals surface area contributed by atoms with Gasteiger partial charge in [-0.05, 0) is 13.8 Å². The van der Waals surface area contributed by atoms with E-state index in [-0.39, 0.29) is 24.7 Å². The number of aliphatic hydroxyl groups excluding tert-OH is 1. The molecule has 6 nitrogen and oxygen atoms in total. The van der Waals surface area contributed by atoms with E-state index >= 15 is 0 Å². The van der Waals surface area contributed by atoms with Crippen molar-refractivity contribution in [2.45, 2.75) is 26.0 Å². The number of aromatic nitrogens is 1. The van der Waals surface area contributed by atoms with E-state index < -0.39 is 0 Å². The molecule has 0 radical (unpaired) electrons. The van der Waals surface area contributed by atoms with Gasteiger partial charge in [-0.2, -0.15) is 0 Å². The van der Waals surface area contributed by atoms with Crippen LogP contribution in [0.25, 0.3) is 0 Å². The van der Waals surface area contributed by atoms with Gasteiger partial charge in [-0.25, -0.2) is 0 Å². The van der Waals surface area contributed by atoms with Crippen LogP contribution in [0, 0.1) is 6.92 Å². The second-order valence-electron chi connectivity index (χ2n) is 4.24. The lowest BCUT2D eigenvalue weighted by Gasteiger charge is -2.37. The quantitative estimate of drug-likeness (QED) is 0.799. The van der Waals surface area contributed by atoms with Crippen molar-refractivity contribution in [2.75, 3.05) is 19.8 Å². The first-order valence-corrected chi connectivity index (χ1v) is 5.58. The molecular formula is C11H16N2O4. The monoisotopic (exact) mass is 240 g/mol. The summed E-state index contributed by atoms with van der Waals surface area (Å²) in [7, 11) is 0. The molecule has 1 fully saturated rings. The standard InChI is InChI=1S/C11H16N2O4/c1-7-6-16-9(5-14)4-13(7)11(15)10-3-12-17-8(10)2/h3,7,9,14H,4-6H2,1-2H3. The Morgan fingerprint density at radius 1 is 1.71 bits per heavy atom. The third kappa shape index (κ3) is 2.32. The molecule has 1 aromatic rings. The van der Waals surface area contributed by atoms with Crippen LogP contribution in [0.1, 0.15) is 23.0 Å². The van der Waals surface area contributed by atoms with Gasteiger partial charge in [0, 0.05) is 6.54 Å². The molecule has 94 valence electrons. The second-order valence-corrected chi connectivity index (χ2v) is 4.24. The first-order chi connectivity index (χ1) is 8.13. The molecule has 6 heteroatoms. The van der Waals surface area contributed by atoms with Crippen molar-refractivity contribution in [3.05, 3.63) is 17.5 Å². The zero-order valence-electron chi connectivity index (χ0n) is 9.92. The summed E-state index contributed by atoms with van der Waals surface area (Å²) in [5, 5.41) is 12.7. The molecule has 1 aromatic heterocycles. The Morgan fingerprint density at radius 2 is 2.47 bits per heavy atom. The summed E-state index contributed by atoms with van der Waals surface area (Å²) in [4.78, 5) is 13.9. The number of hydrogen-bond donors (Lipinski definition) is 1. The molecule has 1 saturated heterocycles. The number of aliphatic hydroxyl groups is 1. The lowest BCUT2D eigenvalue weighted by atomic mass is 10.1. The molecule has 1 aliphatic heterocycles. The van der Waals surface area contributed by atoms with Crippen LogP contribution >= 0.6 is 0 Å². The largest absolute Gasteiger partial charge is 0.394 e. The molecule has 2 unspecified atom stereocenters. The van der Waals surface area contributed by atoms with Crippen LogP contribution in [-0.4, -0.2) is 53.0 Å². The van der Waals surface area contributed by atoms with Crippen LogP contribution in [-0.2, 0) is 4.74 Å². The number of ether oxygens (including phenoxy) is 1. The summed E-state index contributed by atoms with van der Waals surface area (Å²) >= 11 is 0. The molecule has 0 aromatic carbocycles. The Morgan fingerprint density at radius 3 is 3.06 bits per heavy atom. The van der Waals surface area contributed by atoms with Crippen molar-refractivity contribution in [1.82, 2.24) is 10.1 Å². The van der Waals surface area contributed by atoms with Crippen molar-refractivity contribution in [1.29, 1.82) is 0 Å². The number of morpholine rings is 1. The maximum Gasteiger partial charge on any atom is 0.259 e. The van der Waals surface area contributed by atoms with Gasteiger partial charge in [0.2, 0.25) is 0 Å². The van der Waals surface area contributed by atoms with Crippen LogP contribution in [0.5, 0.6) is 0 Å². The van der Waals surface area contributed by atoms with Crippen molar-refractivity contribution in [3.8, 4) is 0 Å². The molecule has 0 saturated carbocycles. The van der Waals surface area contributed by atoms with Gasteiger partial charge in [0.1, 0.15) is 11.3 Å². The van der Waals surface area contributed by atoms with E-state index in [2.05, 4.69) is 5.16 Å². The molecule has 0 spiro atoms. The molecule has 1 amide bonds. The highest BCUT2D eigenvalue weighted by Crippen LogP contribution is 2.17. The van der Waals surface area contributed by atoms with Gasteiger partial charge in [0.15, 0.2) is 0 Å². The zero-order chi connectivity index (χ0) is 12.4. The number of amides is 1. The number of hydrogen-bond acceptors (Lipinski definition) is 5. The summed E-state index contributed by atoms with van der Waals surface area (Å²) in [6.07, 6.45) is 1.11. The highest BCUT2D eigenvalue weighted by molar-refractivity contribution is 5.95. The van der Waals surface area contributed by atoms with E-state index in [4.69, 9.17) is 14.4 Å². The lowest BCUT2D eigenvalue weighted by molar-refractivity contribution is -0.0667. The highest BCUT2D eigenvalue weighted by Gasteiger charge is 2.31. The maximum absolute atomic E-state index is 12.2. The van der Waals surface area contributed by atoms with Crippen LogP contribution < -0.4 is 0 Å². The van der Waals surface area contributed by atoms with E-state index in [1.165, 1.54) is 6.20 Å². The first-order valence-electron chi connectivity index (χ1n) is 5.58. The normalized spacial score (nSPS) is 25.0. The van der Waals surface area contributed by atoms with Gasteiger partial charge in [0.25, 0.3) is 5.91 Å². The number of aryl methyl sites for hydroxylation is 1.